The van der Waals surface area contributed by atoms with Crippen molar-refractivity contribution in [2.45, 2.75) is 32.3 Å². The Morgan fingerprint density at radius 2 is 2.11 bits per heavy atom. The zero-order chi connectivity index (χ0) is 7.11. The van der Waals surface area contributed by atoms with Crippen molar-refractivity contribution in [2.75, 3.05) is 6.61 Å². The minimum atomic E-state index is -0.181. The van der Waals surface area contributed by atoms with Gasteiger partial charge in [-0.25, -0.2) is 4.89 Å². The number of hydrogen-bond acceptors (Lipinski definition) is 3. The summed E-state index contributed by atoms with van der Waals surface area (Å²) in [6.07, 6.45) is 2.10. The van der Waals surface area contributed by atoms with Gasteiger partial charge in [0.1, 0.15) is 0 Å². The zero-order valence-corrected chi connectivity index (χ0v) is 5.71. The molecule has 3 heteroatoms. The third kappa shape index (κ3) is 4.39. The van der Waals surface area contributed by atoms with Crippen molar-refractivity contribution in [2.24, 2.45) is 0 Å². The van der Waals surface area contributed by atoms with Crippen LogP contribution >= 0.6 is 0 Å². The van der Waals surface area contributed by atoms with Crippen LogP contribution in [0.15, 0.2) is 0 Å². The summed E-state index contributed by atoms with van der Waals surface area (Å²) in [7, 11) is 0. The molecule has 0 saturated heterocycles. The van der Waals surface area contributed by atoms with Crippen LogP contribution in [0.4, 0.5) is 0 Å². The predicted octanol–water partition coefficient (Wildman–Crippen LogP) is 1.03. The van der Waals surface area contributed by atoms with Crippen molar-refractivity contribution < 1.29 is 15.3 Å². The second-order valence-corrected chi connectivity index (χ2v) is 2.03. The second-order valence-electron chi connectivity index (χ2n) is 2.03. The van der Waals surface area contributed by atoms with Gasteiger partial charge in [0.15, 0.2) is 0 Å². The van der Waals surface area contributed by atoms with Crippen molar-refractivity contribution in [3.8, 4) is 0 Å². The Kier molecular flexibility index (Phi) is 5.93. The molecule has 1 unspecified atom stereocenters. The van der Waals surface area contributed by atoms with Gasteiger partial charge in [-0.3, -0.25) is 5.26 Å². The second kappa shape index (κ2) is 6.01. The quantitative estimate of drug-likeness (QED) is 0.436. The van der Waals surface area contributed by atoms with Crippen LogP contribution in [0.25, 0.3) is 0 Å². The molecule has 0 aliphatic heterocycles. The van der Waals surface area contributed by atoms with E-state index in [0.29, 0.717) is 6.42 Å². The van der Waals surface area contributed by atoms with E-state index in [0.717, 1.165) is 12.8 Å². The maximum atomic E-state index is 8.40. The molecule has 0 radical (unpaired) electrons. The normalized spacial score (nSPS) is 13.7. The van der Waals surface area contributed by atoms with Gasteiger partial charge in [-0.15, -0.1) is 0 Å². The van der Waals surface area contributed by atoms with E-state index in [2.05, 4.69) is 4.89 Å². The van der Waals surface area contributed by atoms with Gasteiger partial charge in [0, 0.05) is 6.61 Å². The first-order valence-corrected chi connectivity index (χ1v) is 3.26. The molecule has 0 bridgehead atoms. The SMILES string of the molecule is CCCC(CCO)OO. The third-order valence-corrected chi connectivity index (χ3v) is 1.21. The van der Waals surface area contributed by atoms with E-state index in [1.807, 2.05) is 6.92 Å². The molecule has 2 N–H and O–H groups in total. The van der Waals surface area contributed by atoms with Crippen molar-refractivity contribution in [1.29, 1.82) is 0 Å². The van der Waals surface area contributed by atoms with Crippen LogP contribution in [0, 0.1) is 0 Å². The summed E-state index contributed by atoms with van der Waals surface area (Å²) >= 11 is 0. The van der Waals surface area contributed by atoms with E-state index in [9.17, 15) is 0 Å². The van der Waals surface area contributed by atoms with Crippen LogP contribution in [-0.2, 0) is 4.89 Å². The highest BCUT2D eigenvalue weighted by Crippen LogP contribution is 2.03. The van der Waals surface area contributed by atoms with Gasteiger partial charge in [0.05, 0.1) is 6.10 Å². The molecule has 0 aliphatic rings. The average molecular weight is 134 g/mol. The number of hydrogen-bond donors (Lipinski definition) is 2. The first-order valence-electron chi connectivity index (χ1n) is 3.26. The van der Waals surface area contributed by atoms with E-state index in [4.69, 9.17) is 10.4 Å². The highest BCUT2D eigenvalue weighted by atomic mass is 17.1. The Balaban J connectivity index is 3.18. The average Bonchev–Trinajstić information content (AvgIpc) is 1.88. The summed E-state index contributed by atoms with van der Waals surface area (Å²) < 4.78 is 0. The minimum Gasteiger partial charge on any atom is -0.396 e. The van der Waals surface area contributed by atoms with Crippen LogP contribution in [0.3, 0.4) is 0 Å². The molecule has 56 valence electrons. The molecular formula is C6H14O3. The molecule has 0 aromatic heterocycles. The molecule has 0 amide bonds. The molecule has 9 heavy (non-hydrogen) atoms. The Hall–Kier alpha value is -0.120. The molecule has 0 aliphatic carbocycles. The molecule has 0 spiro atoms. The Morgan fingerprint density at radius 3 is 2.44 bits per heavy atom. The van der Waals surface area contributed by atoms with Gasteiger partial charge in [0.25, 0.3) is 0 Å². The molecule has 0 rings (SSSR count). The van der Waals surface area contributed by atoms with Crippen molar-refractivity contribution >= 4 is 0 Å². The molecule has 0 fully saturated rings. The van der Waals surface area contributed by atoms with E-state index in [1.54, 1.807) is 0 Å². The summed E-state index contributed by atoms with van der Waals surface area (Å²) in [5, 5.41) is 16.6. The molecule has 0 aromatic rings. The van der Waals surface area contributed by atoms with Gasteiger partial charge in [-0.2, -0.15) is 0 Å². The van der Waals surface area contributed by atoms with Crippen LogP contribution in [-0.4, -0.2) is 23.1 Å². The van der Waals surface area contributed by atoms with Gasteiger partial charge in [-0.05, 0) is 12.8 Å². The minimum absolute atomic E-state index is 0.0746. The molecule has 1 atom stereocenters. The lowest BCUT2D eigenvalue weighted by Crippen LogP contribution is -2.11. The summed E-state index contributed by atoms with van der Waals surface area (Å²) in [4.78, 5) is 4.07. The van der Waals surface area contributed by atoms with Crippen molar-refractivity contribution in [3.05, 3.63) is 0 Å². The largest absolute Gasteiger partial charge is 0.396 e. The van der Waals surface area contributed by atoms with Crippen LogP contribution in [0.1, 0.15) is 26.2 Å². The Bertz CT molecular complexity index is 50.3. The summed E-state index contributed by atoms with van der Waals surface area (Å²) in [5.74, 6) is 0. The lowest BCUT2D eigenvalue weighted by molar-refractivity contribution is -0.282. The third-order valence-electron chi connectivity index (χ3n) is 1.21. The first-order chi connectivity index (χ1) is 4.35. The smallest absolute Gasteiger partial charge is 0.0949 e. The molecule has 3 nitrogen and oxygen atoms in total. The summed E-state index contributed by atoms with van der Waals surface area (Å²) in [6.45, 7) is 2.08. The van der Waals surface area contributed by atoms with E-state index in [-0.39, 0.29) is 12.7 Å². The highest BCUT2D eigenvalue weighted by Gasteiger charge is 2.04. The van der Waals surface area contributed by atoms with Crippen molar-refractivity contribution in [3.63, 3.8) is 0 Å². The number of aliphatic hydroxyl groups excluding tert-OH is 1. The van der Waals surface area contributed by atoms with Crippen LogP contribution < -0.4 is 0 Å². The molecule has 0 aromatic carbocycles. The maximum Gasteiger partial charge on any atom is 0.0949 e. The van der Waals surface area contributed by atoms with Crippen molar-refractivity contribution in [1.82, 2.24) is 0 Å². The molecule has 0 heterocycles. The number of rotatable bonds is 5. The standard InChI is InChI=1S/C6H14O3/c1-2-3-6(9-8)4-5-7/h6-8H,2-5H2,1H3. The monoisotopic (exact) mass is 134 g/mol. The predicted molar refractivity (Wildman–Crippen MR) is 34.1 cm³/mol. The highest BCUT2D eigenvalue weighted by molar-refractivity contribution is 4.52. The van der Waals surface area contributed by atoms with Gasteiger partial charge >= 0.3 is 0 Å². The summed E-state index contributed by atoms with van der Waals surface area (Å²) in [5.41, 5.74) is 0. The Morgan fingerprint density at radius 1 is 1.44 bits per heavy atom. The zero-order valence-electron chi connectivity index (χ0n) is 5.71. The summed E-state index contributed by atoms with van der Waals surface area (Å²) in [6, 6.07) is 0. The fourth-order valence-corrected chi connectivity index (χ4v) is 0.716. The number of aliphatic hydroxyl groups is 1. The topological polar surface area (TPSA) is 49.7 Å². The lowest BCUT2D eigenvalue weighted by atomic mass is 10.1. The fraction of sp³-hybridized carbons (Fsp3) is 1.00. The first kappa shape index (κ1) is 8.88. The molecular weight excluding hydrogens is 120 g/mol. The van der Waals surface area contributed by atoms with Crippen LogP contribution in [0.2, 0.25) is 0 Å². The lowest BCUT2D eigenvalue weighted by Gasteiger charge is -2.08. The van der Waals surface area contributed by atoms with Gasteiger partial charge in [0.2, 0.25) is 0 Å². The van der Waals surface area contributed by atoms with E-state index >= 15 is 0 Å². The van der Waals surface area contributed by atoms with Gasteiger partial charge in [-0.1, -0.05) is 13.3 Å². The molecule has 0 saturated carbocycles. The Labute approximate surface area is 55.2 Å². The fourth-order valence-electron chi connectivity index (χ4n) is 0.716. The van der Waals surface area contributed by atoms with E-state index in [1.165, 1.54) is 0 Å². The maximum absolute atomic E-state index is 8.40. The van der Waals surface area contributed by atoms with Gasteiger partial charge < -0.3 is 5.11 Å². The van der Waals surface area contributed by atoms with E-state index < -0.39 is 0 Å². The van der Waals surface area contributed by atoms with Crippen LogP contribution in [0.5, 0.6) is 0 Å².